The van der Waals surface area contributed by atoms with Gasteiger partial charge in [0.25, 0.3) is 0 Å². The average Bonchev–Trinajstić information content (AvgIpc) is 2.72. The van der Waals surface area contributed by atoms with E-state index in [2.05, 4.69) is 64.2 Å². The molecule has 0 saturated heterocycles. The van der Waals surface area contributed by atoms with E-state index in [4.69, 9.17) is 5.11 Å². The van der Waals surface area contributed by atoms with Crippen molar-refractivity contribution in [1.82, 2.24) is 5.32 Å². The fraction of sp³-hybridized carbons (Fsp3) is 0.733. The van der Waals surface area contributed by atoms with Gasteiger partial charge in [-0.25, -0.2) is 0 Å². The fourth-order valence-electron chi connectivity index (χ4n) is 2.37. The minimum atomic E-state index is -0.722. The second-order valence-electron chi connectivity index (χ2n) is 12.7. The summed E-state index contributed by atoms with van der Waals surface area (Å²) in [4.78, 5) is 21.9. The number of hydrogen-bond acceptors (Lipinski definition) is 2. The summed E-state index contributed by atoms with van der Waals surface area (Å²) in [7, 11) is 0. The first-order chi connectivity index (χ1) is 15.1. The summed E-state index contributed by atoms with van der Waals surface area (Å²) in [6.07, 6.45) is 2.77. The molecular formula is C30H55NO3. The van der Waals surface area contributed by atoms with Crippen molar-refractivity contribution in [2.75, 3.05) is 0 Å². The van der Waals surface area contributed by atoms with E-state index >= 15 is 0 Å². The first-order valence-electron chi connectivity index (χ1n) is 12.8. The molecule has 4 heteroatoms. The van der Waals surface area contributed by atoms with Crippen LogP contribution in [0.25, 0.3) is 0 Å². The van der Waals surface area contributed by atoms with E-state index in [0.29, 0.717) is 12.3 Å². The van der Waals surface area contributed by atoms with E-state index in [1.165, 1.54) is 17.5 Å². The van der Waals surface area contributed by atoms with E-state index in [1.807, 2.05) is 48.5 Å². The number of aliphatic carboxylic acids is 1. The Bertz CT molecular complexity index is 732. The lowest BCUT2D eigenvalue weighted by atomic mass is 9.85. The second-order valence-corrected chi connectivity index (χ2v) is 12.7. The number of carboxylic acids is 1. The summed E-state index contributed by atoms with van der Waals surface area (Å²) in [5.41, 5.74) is 2.25. The van der Waals surface area contributed by atoms with Crippen LogP contribution in [-0.2, 0) is 15.0 Å². The molecule has 1 aromatic rings. The van der Waals surface area contributed by atoms with Crippen molar-refractivity contribution in [3.63, 3.8) is 0 Å². The zero-order chi connectivity index (χ0) is 27.5. The van der Waals surface area contributed by atoms with E-state index in [1.54, 1.807) is 13.8 Å². The molecule has 0 aliphatic heterocycles. The molecule has 0 heterocycles. The Hall–Kier alpha value is -1.84. The number of carbonyl (C=O) groups excluding carboxylic acids is 1. The third kappa shape index (κ3) is 13.8. The molecule has 0 bridgehead atoms. The van der Waals surface area contributed by atoms with Crippen molar-refractivity contribution in [2.24, 2.45) is 10.8 Å². The van der Waals surface area contributed by atoms with Gasteiger partial charge in [-0.1, -0.05) is 86.6 Å². The first kappa shape index (κ1) is 34.3. The van der Waals surface area contributed by atoms with Crippen LogP contribution < -0.4 is 5.32 Å². The monoisotopic (exact) mass is 477 g/mol. The molecule has 4 nitrogen and oxygen atoms in total. The maximum Gasteiger partial charge on any atom is 0.309 e. The van der Waals surface area contributed by atoms with Crippen LogP contribution in [-0.4, -0.2) is 22.5 Å². The minimum absolute atomic E-state index is 0.122. The lowest BCUT2D eigenvalue weighted by Gasteiger charge is -2.28. The Labute approximate surface area is 211 Å². The Morgan fingerprint density at radius 3 is 1.44 bits per heavy atom. The van der Waals surface area contributed by atoms with Gasteiger partial charge in [-0.2, -0.15) is 0 Å². The number of amides is 1. The molecule has 0 spiro atoms. The lowest BCUT2D eigenvalue weighted by Crippen LogP contribution is -2.46. The van der Waals surface area contributed by atoms with Crippen molar-refractivity contribution < 1.29 is 14.7 Å². The van der Waals surface area contributed by atoms with Gasteiger partial charge in [-0.3, -0.25) is 9.59 Å². The maximum atomic E-state index is 11.6. The maximum absolute atomic E-state index is 11.6. The Morgan fingerprint density at radius 1 is 0.794 bits per heavy atom. The van der Waals surface area contributed by atoms with Crippen LogP contribution in [0.1, 0.15) is 133 Å². The van der Waals surface area contributed by atoms with Crippen LogP contribution in [0.15, 0.2) is 24.3 Å². The summed E-state index contributed by atoms with van der Waals surface area (Å²) in [5, 5.41) is 11.4. The summed E-state index contributed by atoms with van der Waals surface area (Å²) >= 11 is 0. The molecule has 198 valence electrons. The summed E-state index contributed by atoms with van der Waals surface area (Å²) in [6.45, 7) is 28.5. The average molecular weight is 478 g/mol. The molecule has 2 N–H and O–H groups in total. The highest BCUT2D eigenvalue weighted by Crippen LogP contribution is 2.25. The van der Waals surface area contributed by atoms with Crippen LogP contribution in [0.5, 0.6) is 0 Å². The molecule has 0 aromatic heterocycles. The lowest BCUT2D eigenvalue weighted by molar-refractivity contribution is -0.147. The molecule has 1 rings (SSSR count). The first-order valence-corrected chi connectivity index (χ1v) is 12.8. The molecular weight excluding hydrogens is 422 g/mol. The Morgan fingerprint density at radius 2 is 1.21 bits per heavy atom. The smallest absolute Gasteiger partial charge is 0.309 e. The third-order valence-corrected chi connectivity index (χ3v) is 6.41. The van der Waals surface area contributed by atoms with E-state index in [9.17, 15) is 9.59 Å². The van der Waals surface area contributed by atoms with Gasteiger partial charge in [0.2, 0.25) is 5.91 Å². The van der Waals surface area contributed by atoms with Gasteiger partial charge in [0.1, 0.15) is 0 Å². The van der Waals surface area contributed by atoms with Crippen LogP contribution in [0.3, 0.4) is 0 Å². The molecule has 1 unspecified atom stereocenters. The third-order valence-electron chi connectivity index (χ3n) is 6.41. The van der Waals surface area contributed by atoms with Crippen LogP contribution in [0.2, 0.25) is 0 Å². The predicted molar refractivity (Wildman–Crippen MR) is 148 cm³/mol. The highest BCUT2D eigenvalue weighted by atomic mass is 16.4. The number of benzene rings is 1. The Balaban J connectivity index is 0. The molecule has 0 radical (unpaired) electrons. The minimum Gasteiger partial charge on any atom is -0.481 e. The van der Waals surface area contributed by atoms with Crippen molar-refractivity contribution >= 4 is 11.9 Å². The number of nitrogens with one attached hydrogen (secondary N) is 1. The van der Waals surface area contributed by atoms with Gasteiger partial charge >= 0.3 is 5.97 Å². The number of carboxylic acid groups (broad SMARTS) is 1. The molecule has 0 saturated carbocycles. The van der Waals surface area contributed by atoms with Gasteiger partial charge in [-0.05, 0) is 76.3 Å². The van der Waals surface area contributed by atoms with Gasteiger partial charge in [0.15, 0.2) is 0 Å². The van der Waals surface area contributed by atoms with Gasteiger partial charge in [-0.15, -0.1) is 0 Å². The van der Waals surface area contributed by atoms with Crippen molar-refractivity contribution in [1.29, 1.82) is 0 Å². The summed E-state index contributed by atoms with van der Waals surface area (Å²) in [5.74, 6) is 0.0986. The number of hydrogen-bond donors (Lipinski definition) is 2. The van der Waals surface area contributed by atoms with Crippen molar-refractivity contribution in [3.05, 3.63) is 35.4 Å². The molecule has 1 atom stereocenters. The van der Waals surface area contributed by atoms with E-state index < -0.39 is 11.4 Å². The molecule has 1 amide bonds. The summed E-state index contributed by atoms with van der Waals surface area (Å²) in [6, 6.07) is 9.08. The predicted octanol–water partition coefficient (Wildman–Crippen LogP) is 8.34. The van der Waals surface area contributed by atoms with Crippen LogP contribution >= 0.6 is 0 Å². The molecule has 0 fully saturated rings. The Kier molecular flexibility index (Phi) is 14.0. The highest BCUT2D eigenvalue weighted by molar-refractivity contribution is 5.82. The van der Waals surface area contributed by atoms with E-state index in [-0.39, 0.29) is 22.3 Å². The molecule has 0 aliphatic rings. The van der Waals surface area contributed by atoms with E-state index in [0.717, 1.165) is 6.42 Å². The summed E-state index contributed by atoms with van der Waals surface area (Å²) < 4.78 is 0. The zero-order valence-electron chi connectivity index (χ0n) is 24.8. The topological polar surface area (TPSA) is 66.4 Å². The highest BCUT2D eigenvalue weighted by Gasteiger charge is 2.28. The second kappa shape index (κ2) is 13.9. The zero-order valence-corrected chi connectivity index (χ0v) is 24.8. The van der Waals surface area contributed by atoms with Crippen molar-refractivity contribution in [2.45, 2.75) is 133 Å². The largest absolute Gasteiger partial charge is 0.481 e. The standard InChI is InChI=1S/C14H22.C10H21NO.C6H12O2/c1-6-11(2)12-7-9-13(10-8-12)14(3,4)5;1-7-10(5,6)8(12)11-9(2,3)4;1-4-6(2,3)5(7)8/h7-11H,6H2,1-5H3;7H2,1-6H3,(H,11,12);4H2,1-3H3,(H,7,8). The fourth-order valence-corrected chi connectivity index (χ4v) is 2.37. The molecule has 34 heavy (non-hydrogen) atoms. The number of rotatable bonds is 6. The quantitative estimate of drug-likeness (QED) is 0.432. The van der Waals surface area contributed by atoms with Gasteiger partial charge in [0, 0.05) is 11.0 Å². The van der Waals surface area contributed by atoms with Crippen molar-refractivity contribution in [3.8, 4) is 0 Å². The SMILES string of the molecule is CCC(C)(C)C(=O)NC(C)(C)C.CCC(C)(C)C(=O)O.CCC(C)c1ccc(C(C)(C)C)cc1. The van der Waals surface area contributed by atoms with Gasteiger partial charge in [0.05, 0.1) is 5.41 Å². The normalized spacial score (nSPS) is 13.0. The molecule has 0 aliphatic carbocycles. The van der Waals surface area contributed by atoms with Gasteiger partial charge < -0.3 is 10.4 Å². The van der Waals surface area contributed by atoms with Crippen LogP contribution in [0.4, 0.5) is 0 Å². The number of carbonyl (C=O) groups is 2. The molecule has 1 aromatic carbocycles. The van der Waals surface area contributed by atoms with Crippen LogP contribution in [0, 0.1) is 10.8 Å².